The molecule has 0 fully saturated rings. The summed E-state index contributed by atoms with van der Waals surface area (Å²) >= 11 is 19.9. The highest BCUT2D eigenvalue weighted by Crippen LogP contribution is 2.27. The van der Waals surface area contributed by atoms with Crippen molar-refractivity contribution in [3.05, 3.63) is 68.7 Å². The van der Waals surface area contributed by atoms with Gasteiger partial charge in [0.05, 0.1) is 5.75 Å². The van der Waals surface area contributed by atoms with E-state index in [0.717, 1.165) is 5.56 Å². The molecule has 0 saturated heterocycles. The van der Waals surface area contributed by atoms with Crippen LogP contribution in [0.1, 0.15) is 18.1 Å². The first kappa shape index (κ1) is 22.9. The summed E-state index contributed by atoms with van der Waals surface area (Å²) in [7, 11) is 1.54. The average molecular weight is 460 g/mol. The van der Waals surface area contributed by atoms with E-state index in [1.54, 1.807) is 32.2 Å². The fourth-order valence-corrected chi connectivity index (χ4v) is 4.08. The monoisotopic (exact) mass is 458 g/mol. The van der Waals surface area contributed by atoms with E-state index in [0.29, 0.717) is 26.4 Å². The summed E-state index contributed by atoms with van der Waals surface area (Å²) in [6.45, 7) is 1.85. The van der Waals surface area contributed by atoms with Crippen LogP contribution in [0.5, 0.6) is 0 Å². The zero-order valence-corrected chi connectivity index (χ0v) is 18.6. The number of amides is 2. The molecule has 150 valence electrons. The Hall–Kier alpha value is -1.40. The number of halogens is 3. The zero-order chi connectivity index (χ0) is 20.7. The Balaban J connectivity index is 2.10. The van der Waals surface area contributed by atoms with E-state index < -0.39 is 6.04 Å². The minimum absolute atomic E-state index is 0.160. The fourth-order valence-electron chi connectivity index (χ4n) is 2.56. The van der Waals surface area contributed by atoms with Crippen molar-refractivity contribution in [2.45, 2.75) is 25.3 Å². The van der Waals surface area contributed by atoms with E-state index in [4.69, 9.17) is 34.8 Å². The van der Waals surface area contributed by atoms with Gasteiger partial charge in [-0.05, 0) is 36.8 Å². The van der Waals surface area contributed by atoms with Gasteiger partial charge in [0.1, 0.15) is 6.04 Å². The maximum Gasteiger partial charge on any atom is 0.242 e. The van der Waals surface area contributed by atoms with Crippen LogP contribution in [0, 0.1) is 0 Å². The van der Waals surface area contributed by atoms with Gasteiger partial charge in [-0.2, -0.15) is 0 Å². The van der Waals surface area contributed by atoms with Crippen LogP contribution in [0.4, 0.5) is 0 Å². The van der Waals surface area contributed by atoms with Gasteiger partial charge in [-0.25, -0.2) is 0 Å². The molecule has 8 heteroatoms. The summed E-state index contributed by atoms with van der Waals surface area (Å²) in [5.74, 6) is 0.481. The van der Waals surface area contributed by atoms with Crippen molar-refractivity contribution in [1.82, 2.24) is 10.2 Å². The Morgan fingerprint density at radius 1 is 1.07 bits per heavy atom. The molecule has 1 unspecified atom stereocenters. The van der Waals surface area contributed by atoms with E-state index in [2.05, 4.69) is 5.32 Å². The molecule has 1 atom stereocenters. The second-order valence-corrected chi connectivity index (χ2v) is 8.37. The van der Waals surface area contributed by atoms with Crippen LogP contribution in [-0.4, -0.2) is 35.6 Å². The molecule has 0 radical (unpaired) electrons. The topological polar surface area (TPSA) is 49.4 Å². The number of hydrogen-bond donors (Lipinski definition) is 1. The van der Waals surface area contributed by atoms with Gasteiger partial charge in [-0.1, -0.05) is 53.0 Å². The first-order valence-corrected chi connectivity index (χ1v) is 10.9. The third kappa shape index (κ3) is 6.31. The predicted molar refractivity (Wildman–Crippen MR) is 118 cm³/mol. The summed E-state index contributed by atoms with van der Waals surface area (Å²) in [6, 6.07) is 12.0. The maximum absolute atomic E-state index is 12.9. The van der Waals surface area contributed by atoms with Crippen molar-refractivity contribution in [1.29, 1.82) is 0 Å². The molecule has 0 saturated carbocycles. The van der Waals surface area contributed by atoms with E-state index in [9.17, 15) is 9.59 Å². The van der Waals surface area contributed by atoms with Crippen LogP contribution in [0.2, 0.25) is 15.1 Å². The van der Waals surface area contributed by atoms with Gasteiger partial charge < -0.3 is 10.2 Å². The lowest BCUT2D eigenvalue weighted by atomic mass is 10.1. The largest absolute Gasteiger partial charge is 0.357 e. The van der Waals surface area contributed by atoms with Crippen LogP contribution in [0.25, 0.3) is 0 Å². The highest BCUT2D eigenvalue weighted by molar-refractivity contribution is 7.99. The van der Waals surface area contributed by atoms with Gasteiger partial charge in [0.15, 0.2) is 0 Å². The molecule has 0 heterocycles. The smallest absolute Gasteiger partial charge is 0.242 e. The number of carbonyl (C=O) groups is 2. The summed E-state index contributed by atoms with van der Waals surface area (Å²) in [6.07, 6.45) is 0. The number of rotatable bonds is 8. The molecule has 2 aromatic carbocycles. The minimum atomic E-state index is -0.652. The summed E-state index contributed by atoms with van der Waals surface area (Å²) in [5, 5.41) is 4.18. The molecule has 2 amide bonds. The standard InChI is InChI=1S/C20H21Cl3N2O2S/c1-13(20(27)24-2)25(10-16-17(22)4-3-5-18(16)23)19(26)12-28-11-14-6-8-15(21)9-7-14/h3-9,13H,10-12H2,1-2H3,(H,24,27). The average Bonchev–Trinajstić information content (AvgIpc) is 2.68. The third-order valence-corrected chi connectivity index (χ3v) is 6.16. The molecule has 2 rings (SSSR count). The van der Waals surface area contributed by atoms with Crippen molar-refractivity contribution >= 4 is 58.4 Å². The van der Waals surface area contributed by atoms with Gasteiger partial charge in [-0.3, -0.25) is 9.59 Å². The number of likely N-dealkylation sites (N-methyl/N-ethyl adjacent to an activating group) is 1. The van der Waals surface area contributed by atoms with E-state index >= 15 is 0 Å². The van der Waals surface area contributed by atoms with Gasteiger partial charge >= 0.3 is 0 Å². The van der Waals surface area contributed by atoms with Crippen molar-refractivity contribution in [2.75, 3.05) is 12.8 Å². The molecule has 1 N–H and O–H groups in total. The lowest BCUT2D eigenvalue weighted by Gasteiger charge is -2.29. The van der Waals surface area contributed by atoms with Crippen LogP contribution < -0.4 is 5.32 Å². The van der Waals surface area contributed by atoms with Crippen molar-refractivity contribution < 1.29 is 9.59 Å². The molecule has 28 heavy (non-hydrogen) atoms. The van der Waals surface area contributed by atoms with E-state index in [-0.39, 0.29) is 24.1 Å². The second kappa shape index (κ2) is 11.0. The van der Waals surface area contributed by atoms with Gasteiger partial charge in [-0.15, -0.1) is 11.8 Å². The van der Waals surface area contributed by atoms with E-state index in [1.165, 1.54) is 16.7 Å². The number of thioether (sulfide) groups is 1. The number of hydrogen-bond acceptors (Lipinski definition) is 3. The number of benzene rings is 2. The van der Waals surface area contributed by atoms with Crippen LogP contribution >= 0.6 is 46.6 Å². The molecule has 4 nitrogen and oxygen atoms in total. The molecule has 0 aliphatic rings. The molecule has 0 spiro atoms. The Labute approximate surface area is 184 Å². The molecular weight excluding hydrogens is 439 g/mol. The Morgan fingerprint density at radius 3 is 2.25 bits per heavy atom. The Bertz CT molecular complexity index is 810. The summed E-state index contributed by atoms with van der Waals surface area (Å²) in [5.41, 5.74) is 1.69. The lowest BCUT2D eigenvalue weighted by molar-refractivity contribution is -0.138. The van der Waals surface area contributed by atoms with Crippen LogP contribution in [-0.2, 0) is 21.9 Å². The van der Waals surface area contributed by atoms with Crippen LogP contribution in [0.15, 0.2) is 42.5 Å². The molecule has 0 aliphatic heterocycles. The van der Waals surface area contributed by atoms with Crippen molar-refractivity contribution in [3.63, 3.8) is 0 Å². The molecule has 0 aliphatic carbocycles. The molecular formula is C20H21Cl3N2O2S. The highest BCUT2D eigenvalue weighted by atomic mass is 35.5. The minimum Gasteiger partial charge on any atom is -0.357 e. The highest BCUT2D eigenvalue weighted by Gasteiger charge is 2.26. The Kier molecular flexibility index (Phi) is 8.96. The molecule has 0 bridgehead atoms. The molecule has 2 aromatic rings. The predicted octanol–water partition coefficient (Wildman–Crippen LogP) is 5.04. The van der Waals surface area contributed by atoms with E-state index in [1.807, 2.05) is 24.3 Å². The van der Waals surface area contributed by atoms with Crippen molar-refractivity contribution in [3.8, 4) is 0 Å². The number of nitrogens with zero attached hydrogens (tertiary/aromatic N) is 1. The molecule has 0 aromatic heterocycles. The normalized spacial score (nSPS) is 11.8. The number of carbonyl (C=O) groups excluding carboxylic acids is 2. The Morgan fingerprint density at radius 2 is 1.68 bits per heavy atom. The third-order valence-electron chi connectivity index (χ3n) is 4.21. The van der Waals surface area contributed by atoms with Gasteiger partial charge in [0.25, 0.3) is 0 Å². The summed E-state index contributed by atoms with van der Waals surface area (Å²) < 4.78 is 0. The second-order valence-electron chi connectivity index (χ2n) is 6.13. The maximum atomic E-state index is 12.9. The van der Waals surface area contributed by atoms with Gasteiger partial charge in [0, 0.05) is 40.0 Å². The number of nitrogens with one attached hydrogen (secondary N) is 1. The lowest BCUT2D eigenvalue weighted by Crippen LogP contribution is -2.47. The first-order valence-electron chi connectivity index (χ1n) is 8.59. The van der Waals surface area contributed by atoms with Gasteiger partial charge in [0.2, 0.25) is 11.8 Å². The first-order chi connectivity index (χ1) is 13.3. The summed E-state index contributed by atoms with van der Waals surface area (Å²) in [4.78, 5) is 26.5. The van der Waals surface area contributed by atoms with Crippen LogP contribution in [0.3, 0.4) is 0 Å². The quantitative estimate of drug-likeness (QED) is 0.601. The SMILES string of the molecule is CNC(=O)C(C)N(Cc1c(Cl)cccc1Cl)C(=O)CSCc1ccc(Cl)cc1. The van der Waals surface area contributed by atoms with Crippen molar-refractivity contribution in [2.24, 2.45) is 0 Å². The zero-order valence-electron chi connectivity index (χ0n) is 15.5. The fraction of sp³-hybridized carbons (Fsp3) is 0.300.